The van der Waals surface area contributed by atoms with E-state index in [4.69, 9.17) is 0 Å². The van der Waals surface area contributed by atoms with Crippen LogP contribution in [0.5, 0.6) is 11.5 Å². The van der Waals surface area contributed by atoms with Crippen LogP contribution < -0.4 is 0 Å². The van der Waals surface area contributed by atoms with Crippen LogP contribution in [0.2, 0.25) is 0 Å². The molecule has 0 amide bonds. The molecule has 4 rings (SSSR count). The summed E-state index contributed by atoms with van der Waals surface area (Å²) in [4.78, 5) is 0. The summed E-state index contributed by atoms with van der Waals surface area (Å²) in [6.45, 7) is 0. The molecule has 0 aromatic heterocycles. The predicted molar refractivity (Wildman–Crippen MR) is 107 cm³/mol. The zero-order valence-corrected chi connectivity index (χ0v) is 15.6. The van der Waals surface area contributed by atoms with Crippen molar-refractivity contribution >= 4 is 0 Å². The highest BCUT2D eigenvalue weighted by Gasteiger charge is 2.24. The summed E-state index contributed by atoms with van der Waals surface area (Å²) in [7, 11) is 0. The molecule has 0 heterocycles. The van der Waals surface area contributed by atoms with Gasteiger partial charge in [0, 0.05) is 0 Å². The molecule has 2 aliphatic carbocycles. The number of hydrogen-bond acceptors (Lipinski definition) is 2. The SMILES string of the molecule is Oc1ccc(-c2ccc(O)cc2C2CCCCC2)c(C2CCCCC2)c1. The van der Waals surface area contributed by atoms with Gasteiger partial charge in [0.1, 0.15) is 11.5 Å². The molecular formula is C24H30O2. The van der Waals surface area contributed by atoms with Crippen LogP contribution in [-0.2, 0) is 0 Å². The summed E-state index contributed by atoms with van der Waals surface area (Å²) in [6.07, 6.45) is 12.7. The average Bonchev–Trinajstić information content (AvgIpc) is 2.69. The van der Waals surface area contributed by atoms with Gasteiger partial charge in [-0.05, 0) is 84.0 Å². The van der Waals surface area contributed by atoms with Gasteiger partial charge in [-0.3, -0.25) is 0 Å². The van der Waals surface area contributed by atoms with Gasteiger partial charge in [0.2, 0.25) is 0 Å². The lowest BCUT2D eigenvalue weighted by Crippen LogP contribution is -2.09. The van der Waals surface area contributed by atoms with Gasteiger partial charge in [-0.25, -0.2) is 0 Å². The van der Waals surface area contributed by atoms with E-state index in [1.165, 1.54) is 86.5 Å². The maximum atomic E-state index is 10.1. The van der Waals surface area contributed by atoms with Crippen LogP contribution in [0.1, 0.15) is 87.2 Å². The van der Waals surface area contributed by atoms with Crippen molar-refractivity contribution in [1.29, 1.82) is 0 Å². The number of benzene rings is 2. The fraction of sp³-hybridized carbons (Fsp3) is 0.500. The summed E-state index contributed by atoms with van der Waals surface area (Å²) >= 11 is 0. The molecule has 2 aromatic rings. The Morgan fingerprint density at radius 3 is 1.31 bits per heavy atom. The predicted octanol–water partition coefficient (Wildman–Crippen LogP) is 6.86. The maximum Gasteiger partial charge on any atom is 0.115 e. The van der Waals surface area contributed by atoms with Crippen molar-refractivity contribution in [2.24, 2.45) is 0 Å². The van der Waals surface area contributed by atoms with Crippen LogP contribution >= 0.6 is 0 Å². The van der Waals surface area contributed by atoms with E-state index in [-0.39, 0.29) is 0 Å². The summed E-state index contributed by atoms with van der Waals surface area (Å²) in [5, 5.41) is 20.3. The van der Waals surface area contributed by atoms with Gasteiger partial charge in [0.05, 0.1) is 0 Å². The molecule has 2 fully saturated rings. The second-order valence-corrected chi connectivity index (χ2v) is 8.21. The first kappa shape index (κ1) is 17.5. The number of hydrogen-bond donors (Lipinski definition) is 2. The monoisotopic (exact) mass is 350 g/mol. The minimum absolute atomic E-state index is 0.368. The molecule has 26 heavy (non-hydrogen) atoms. The highest BCUT2D eigenvalue weighted by molar-refractivity contribution is 5.73. The third kappa shape index (κ3) is 3.60. The van der Waals surface area contributed by atoms with Crippen molar-refractivity contribution in [3.63, 3.8) is 0 Å². The first-order valence-electron chi connectivity index (χ1n) is 10.4. The van der Waals surface area contributed by atoms with E-state index in [1.807, 2.05) is 24.3 Å². The fourth-order valence-corrected chi connectivity index (χ4v) is 5.09. The van der Waals surface area contributed by atoms with E-state index in [2.05, 4.69) is 12.1 Å². The first-order chi connectivity index (χ1) is 12.7. The molecule has 138 valence electrons. The Kier molecular flexibility index (Phi) is 5.19. The quantitative estimate of drug-likeness (QED) is 0.635. The van der Waals surface area contributed by atoms with Crippen LogP contribution in [0.15, 0.2) is 36.4 Å². The minimum atomic E-state index is 0.368. The Balaban J connectivity index is 1.80. The normalized spacial score (nSPS) is 19.5. The van der Waals surface area contributed by atoms with Crippen molar-refractivity contribution in [2.75, 3.05) is 0 Å². The van der Waals surface area contributed by atoms with E-state index < -0.39 is 0 Å². The van der Waals surface area contributed by atoms with E-state index in [0.717, 1.165) is 0 Å². The topological polar surface area (TPSA) is 40.5 Å². The van der Waals surface area contributed by atoms with Gasteiger partial charge in [0.15, 0.2) is 0 Å². The van der Waals surface area contributed by atoms with Crippen LogP contribution in [0, 0.1) is 0 Å². The van der Waals surface area contributed by atoms with Gasteiger partial charge in [-0.2, -0.15) is 0 Å². The van der Waals surface area contributed by atoms with Gasteiger partial charge < -0.3 is 10.2 Å². The first-order valence-corrected chi connectivity index (χ1v) is 10.4. The van der Waals surface area contributed by atoms with Crippen molar-refractivity contribution in [3.05, 3.63) is 47.5 Å². The molecule has 2 heteroatoms. The second kappa shape index (κ2) is 7.73. The van der Waals surface area contributed by atoms with E-state index in [1.54, 1.807) is 0 Å². The van der Waals surface area contributed by atoms with Gasteiger partial charge in [-0.15, -0.1) is 0 Å². The summed E-state index contributed by atoms with van der Waals surface area (Å²) in [6, 6.07) is 11.8. The third-order valence-corrected chi connectivity index (χ3v) is 6.45. The van der Waals surface area contributed by atoms with Gasteiger partial charge >= 0.3 is 0 Å². The molecule has 0 bridgehead atoms. The van der Waals surface area contributed by atoms with Crippen molar-refractivity contribution in [3.8, 4) is 22.6 Å². The zero-order chi connectivity index (χ0) is 17.9. The van der Waals surface area contributed by atoms with Crippen LogP contribution in [0.3, 0.4) is 0 Å². The molecule has 0 spiro atoms. The number of rotatable bonds is 3. The van der Waals surface area contributed by atoms with Crippen molar-refractivity contribution in [2.45, 2.75) is 76.0 Å². The standard InChI is InChI=1S/C24H30O2/c25-19-11-13-21(23(15-19)17-7-3-1-4-8-17)22-14-12-20(26)16-24(22)18-9-5-2-6-10-18/h11-18,25-26H,1-10H2. The highest BCUT2D eigenvalue weighted by Crippen LogP contribution is 2.44. The molecular weight excluding hydrogens is 320 g/mol. The van der Waals surface area contributed by atoms with Crippen LogP contribution in [0.4, 0.5) is 0 Å². The van der Waals surface area contributed by atoms with Crippen molar-refractivity contribution < 1.29 is 10.2 Å². The molecule has 2 nitrogen and oxygen atoms in total. The Morgan fingerprint density at radius 1 is 0.538 bits per heavy atom. The molecule has 0 aliphatic heterocycles. The van der Waals surface area contributed by atoms with Gasteiger partial charge in [0.25, 0.3) is 0 Å². The maximum absolute atomic E-state index is 10.1. The molecule has 0 atom stereocenters. The Labute approximate surface area is 156 Å². The highest BCUT2D eigenvalue weighted by atomic mass is 16.3. The Morgan fingerprint density at radius 2 is 0.923 bits per heavy atom. The second-order valence-electron chi connectivity index (χ2n) is 8.21. The Hall–Kier alpha value is -1.96. The van der Waals surface area contributed by atoms with E-state index in [0.29, 0.717) is 23.3 Å². The average molecular weight is 351 g/mol. The van der Waals surface area contributed by atoms with Crippen molar-refractivity contribution in [1.82, 2.24) is 0 Å². The summed E-state index contributed by atoms with van der Waals surface area (Å²) in [5.41, 5.74) is 5.12. The Bertz CT molecular complexity index is 687. The molecule has 2 aromatic carbocycles. The molecule has 2 saturated carbocycles. The third-order valence-electron chi connectivity index (χ3n) is 6.45. The minimum Gasteiger partial charge on any atom is -0.508 e. The number of phenols is 2. The molecule has 0 unspecified atom stereocenters. The smallest absolute Gasteiger partial charge is 0.115 e. The molecule has 0 radical (unpaired) electrons. The number of aromatic hydroxyl groups is 2. The van der Waals surface area contributed by atoms with E-state index >= 15 is 0 Å². The molecule has 2 N–H and O–H groups in total. The van der Waals surface area contributed by atoms with Crippen LogP contribution in [-0.4, -0.2) is 10.2 Å². The molecule has 0 saturated heterocycles. The number of phenolic OH excluding ortho intramolecular Hbond substituents is 2. The lowest BCUT2D eigenvalue weighted by atomic mass is 9.77. The lowest BCUT2D eigenvalue weighted by Gasteiger charge is -2.28. The van der Waals surface area contributed by atoms with Crippen LogP contribution in [0.25, 0.3) is 11.1 Å². The summed E-state index contributed by atoms with van der Waals surface area (Å²) in [5.74, 6) is 1.82. The largest absolute Gasteiger partial charge is 0.508 e. The van der Waals surface area contributed by atoms with E-state index in [9.17, 15) is 10.2 Å². The molecule has 2 aliphatic rings. The lowest BCUT2D eigenvalue weighted by molar-refractivity contribution is 0.436. The zero-order valence-electron chi connectivity index (χ0n) is 15.6. The van der Waals surface area contributed by atoms with Gasteiger partial charge in [-0.1, -0.05) is 50.7 Å². The summed E-state index contributed by atoms with van der Waals surface area (Å²) < 4.78 is 0. The fourth-order valence-electron chi connectivity index (χ4n) is 5.09.